The van der Waals surface area contributed by atoms with Crippen molar-refractivity contribution in [1.29, 1.82) is 0 Å². The molecule has 0 saturated carbocycles. The third-order valence-electron chi connectivity index (χ3n) is 1.14. The van der Waals surface area contributed by atoms with Gasteiger partial charge in [0.1, 0.15) is 0 Å². The summed E-state index contributed by atoms with van der Waals surface area (Å²) in [4.78, 5) is 11.2. The largest absolute Gasteiger partial charge is 0.351 e. The van der Waals surface area contributed by atoms with E-state index in [9.17, 15) is 4.79 Å². The molecule has 1 amide bonds. The summed E-state index contributed by atoms with van der Waals surface area (Å²) in [7, 11) is 0. The van der Waals surface area contributed by atoms with Crippen LogP contribution in [0.4, 0.5) is 0 Å². The summed E-state index contributed by atoms with van der Waals surface area (Å²) in [6, 6.07) is 0. The fourth-order valence-corrected chi connectivity index (χ4v) is 0.748. The molecule has 2 nitrogen and oxygen atoms in total. The van der Waals surface area contributed by atoms with Crippen molar-refractivity contribution in [3.63, 3.8) is 0 Å². The molecule has 0 heterocycles. The number of carbonyl (C=O) groups excluding carboxylic acids is 1. The highest BCUT2D eigenvalue weighted by Crippen LogP contribution is 2.07. The summed E-state index contributed by atoms with van der Waals surface area (Å²) < 4.78 is 0. The van der Waals surface area contributed by atoms with Gasteiger partial charge in [0.2, 0.25) is 5.91 Å². The summed E-state index contributed by atoms with van der Waals surface area (Å²) in [6.45, 7) is 7.89. The van der Waals surface area contributed by atoms with E-state index >= 15 is 0 Å². The third-order valence-corrected chi connectivity index (χ3v) is 2.20. The Morgan fingerprint density at radius 3 is 2.27 bits per heavy atom. The quantitative estimate of drug-likeness (QED) is 0.712. The Morgan fingerprint density at radius 2 is 2.00 bits per heavy atom. The van der Waals surface area contributed by atoms with Crippen molar-refractivity contribution in [3.05, 3.63) is 0 Å². The van der Waals surface area contributed by atoms with Crippen molar-refractivity contribution in [2.45, 2.75) is 44.5 Å². The summed E-state index contributed by atoms with van der Waals surface area (Å²) in [6.07, 6.45) is 0.821. The van der Waals surface area contributed by atoms with Crippen LogP contribution in [0.25, 0.3) is 0 Å². The summed E-state index contributed by atoms with van der Waals surface area (Å²) in [5.74, 6) is 0.0694. The summed E-state index contributed by atoms with van der Waals surface area (Å²) in [5.41, 5.74) is -0.127. The highest BCUT2D eigenvalue weighted by molar-refractivity contribution is 9.10. The van der Waals surface area contributed by atoms with E-state index in [-0.39, 0.29) is 16.3 Å². The van der Waals surface area contributed by atoms with Crippen LogP contribution in [0.15, 0.2) is 0 Å². The van der Waals surface area contributed by atoms with Gasteiger partial charge in [-0.15, -0.1) is 0 Å². The van der Waals surface area contributed by atoms with Gasteiger partial charge >= 0.3 is 0 Å². The first-order chi connectivity index (χ1) is 4.87. The Labute approximate surface area is 76.9 Å². The molecule has 0 aliphatic heterocycles. The van der Waals surface area contributed by atoms with E-state index in [1.165, 1.54) is 0 Å². The summed E-state index contributed by atoms with van der Waals surface area (Å²) >= 11 is 3.28. The molecular weight excluding hydrogens is 206 g/mol. The monoisotopic (exact) mass is 221 g/mol. The minimum Gasteiger partial charge on any atom is -0.351 e. The van der Waals surface area contributed by atoms with Crippen molar-refractivity contribution in [3.8, 4) is 0 Å². The summed E-state index contributed by atoms with van der Waals surface area (Å²) in [5, 5.41) is 2.88. The number of amides is 1. The molecule has 0 bridgehead atoms. The zero-order valence-corrected chi connectivity index (χ0v) is 9.16. The molecular formula is C8H16BrNO. The van der Waals surface area contributed by atoms with E-state index < -0.39 is 0 Å². The number of carbonyl (C=O) groups is 1. The van der Waals surface area contributed by atoms with Gasteiger partial charge in [-0.25, -0.2) is 0 Å². The topological polar surface area (TPSA) is 29.1 Å². The third kappa shape index (κ3) is 5.24. The molecule has 1 N–H and O–H groups in total. The average Bonchev–Trinajstić information content (AvgIpc) is 1.82. The standard InChI is InChI=1S/C8H16BrNO/c1-5-6(9)7(11)10-8(2,3)4/h6H,5H2,1-4H3,(H,10,11)/t6-/m0/s1. The molecule has 0 saturated heterocycles. The molecule has 0 aliphatic carbocycles. The van der Waals surface area contributed by atoms with E-state index in [4.69, 9.17) is 0 Å². The molecule has 0 aromatic heterocycles. The minimum absolute atomic E-state index is 0.0540. The predicted molar refractivity (Wildman–Crippen MR) is 50.9 cm³/mol. The Kier molecular flexibility index (Phi) is 4.08. The van der Waals surface area contributed by atoms with Crippen LogP contribution >= 0.6 is 15.9 Å². The number of alkyl halides is 1. The second-order valence-electron chi connectivity index (χ2n) is 3.62. The molecule has 0 unspecified atom stereocenters. The molecule has 3 heteroatoms. The highest BCUT2D eigenvalue weighted by atomic mass is 79.9. The fraction of sp³-hybridized carbons (Fsp3) is 0.875. The van der Waals surface area contributed by atoms with E-state index in [2.05, 4.69) is 21.2 Å². The Bertz CT molecular complexity index is 140. The lowest BCUT2D eigenvalue weighted by Gasteiger charge is -2.22. The number of hydrogen-bond donors (Lipinski definition) is 1. The van der Waals surface area contributed by atoms with Crippen LogP contribution in [0.5, 0.6) is 0 Å². The van der Waals surface area contributed by atoms with Gasteiger partial charge in [-0.05, 0) is 27.2 Å². The normalized spacial score (nSPS) is 14.3. The van der Waals surface area contributed by atoms with Gasteiger partial charge in [0.25, 0.3) is 0 Å². The lowest BCUT2D eigenvalue weighted by atomic mass is 10.1. The maximum absolute atomic E-state index is 11.2. The van der Waals surface area contributed by atoms with Gasteiger partial charge in [-0.2, -0.15) is 0 Å². The average molecular weight is 222 g/mol. The molecule has 0 spiro atoms. The molecule has 1 atom stereocenters. The van der Waals surface area contributed by atoms with Crippen molar-refractivity contribution in [2.75, 3.05) is 0 Å². The molecule has 11 heavy (non-hydrogen) atoms. The van der Waals surface area contributed by atoms with Crippen LogP contribution in [-0.4, -0.2) is 16.3 Å². The van der Waals surface area contributed by atoms with Crippen LogP contribution in [-0.2, 0) is 4.79 Å². The minimum atomic E-state index is -0.127. The number of hydrogen-bond acceptors (Lipinski definition) is 1. The molecule has 0 fully saturated rings. The molecule has 0 radical (unpaired) electrons. The zero-order valence-electron chi connectivity index (χ0n) is 7.57. The van der Waals surface area contributed by atoms with Gasteiger partial charge in [0, 0.05) is 5.54 Å². The van der Waals surface area contributed by atoms with Crippen molar-refractivity contribution < 1.29 is 4.79 Å². The first-order valence-corrected chi connectivity index (χ1v) is 4.74. The molecule has 66 valence electrons. The van der Waals surface area contributed by atoms with Gasteiger partial charge in [0.15, 0.2) is 0 Å². The number of rotatable bonds is 2. The molecule has 0 aliphatic rings. The van der Waals surface area contributed by atoms with Crippen LogP contribution in [0.3, 0.4) is 0 Å². The Hall–Kier alpha value is -0.0500. The number of nitrogens with one attached hydrogen (secondary N) is 1. The number of halogens is 1. The van der Waals surface area contributed by atoms with E-state index in [1.807, 2.05) is 27.7 Å². The zero-order chi connectivity index (χ0) is 9.07. The van der Waals surface area contributed by atoms with Crippen LogP contribution < -0.4 is 5.32 Å². The Balaban J connectivity index is 3.88. The highest BCUT2D eigenvalue weighted by Gasteiger charge is 2.18. The van der Waals surface area contributed by atoms with Crippen LogP contribution in [0, 0.1) is 0 Å². The Morgan fingerprint density at radius 1 is 1.55 bits per heavy atom. The van der Waals surface area contributed by atoms with Crippen molar-refractivity contribution in [1.82, 2.24) is 5.32 Å². The fourth-order valence-electron chi connectivity index (χ4n) is 0.633. The first kappa shape index (κ1) is 11.0. The smallest absolute Gasteiger partial charge is 0.234 e. The van der Waals surface area contributed by atoms with Crippen molar-refractivity contribution in [2.24, 2.45) is 0 Å². The first-order valence-electron chi connectivity index (χ1n) is 3.83. The molecule has 0 rings (SSSR count). The van der Waals surface area contributed by atoms with Gasteiger partial charge in [0.05, 0.1) is 4.83 Å². The second-order valence-corrected chi connectivity index (χ2v) is 4.72. The van der Waals surface area contributed by atoms with Crippen LogP contribution in [0.1, 0.15) is 34.1 Å². The maximum atomic E-state index is 11.2. The molecule has 0 aromatic rings. The van der Waals surface area contributed by atoms with Gasteiger partial charge < -0.3 is 5.32 Å². The van der Waals surface area contributed by atoms with E-state index in [0.717, 1.165) is 6.42 Å². The SMILES string of the molecule is CC[C@H](Br)C(=O)NC(C)(C)C. The molecule has 0 aromatic carbocycles. The van der Waals surface area contributed by atoms with Gasteiger partial charge in [-0.3, -0.25) is 4.79 Å². The predicted octanol–water partition coefficient (Wildman–Crippen LogP) is 2.07. The maximum Gasteiger partial charge on any atom is 0.234 e. The van der Waals surface area contributed by atoms with Crippen LogP contribution in [0.2, 0.25) is 0 Å². The second kappa shape index (κ2) is 4.10. The lowest BCUT2D eigenvalue weighted by molar-refractivity contribution is -0.121. The van der Waals surface area contributed by atoms with E-state index in [1.54, 1.807) is 0 Å². The van der Waals surface area contributed by atoms with Crippen molar-refractivity contribution >= 4 is 21.8 Å². The van der Waals surface area contributed by atoms with Gasteiger partial charge in [-0.1, -0.05) is 22.9 Å². The van der Waals surface area contributed by atoms with E-state index in [0.29, 0.717) is 0 Å². The lowest BCUT2D eigenvalue weighted by Crippen LogP contribution is -2.44.